The average molecular weight is 338 g/mol. The molecule has 0 bridgehead atoms. The zero-order chi connectivity index (χ0) is 17.6. The van der Waals surface area contributed by atoms with E-state index in [4.69, 9.17) is 10.00 Å². The van der Waals surface area contributed by atoms with Crippen LogP contribution in [0.25, 0.3) is 0 Å². The minimum absolute atomic E-state index is 0.0367. The Morgan fingerprint density at radius 3 is 2.92 bits per heavy atom. The lowest BCUT2D eigenvalue weighted by Crippen LogP contribution is -2.42. The summed E-state index contributed by atoms with van der Waals surface area (Å²) in [6.07, 6.45) is 0.883. The maximum absolute atomic E-state index is 13.8. The molecule has 1 aliphatic heterocycles. The highest BCUT2D eigenvalue weighted by Gasteiger charge is 2.22. The van der Waals surface area contributed by atoms with Crippen LogP contribution in [0.3, 0.4) is 0 Å². The molecule has 2 aromatic rings. The second-order valence-corrected chi connectivity index (χ2v) is 5.78. The molecule has 3 rings (SSSR count). The van der Waals surface area contributed by atoms with Gasteiger partial charge in [0.25, 0.3) is 0 Å². The zero-order valence-electron chi connectivity index (χ0n) is 13.9. The van der Waals surface area contributed by atoms with Crippen LogP contribution in [0.15, 0.2) is 47.5 Å². The topological polar surface area (TPSA) is 69.4 Å². The third-order valence-corrected chi connectivity index (χ3v) is 4.06. The summed E-state index contributed by atoms with van der Waals surface area (Å²) >= 11 is 0. The predicted octanol–water partition coefficient (Wildman–Crippen LogP) is 2.37. The van der Waals surface area contributed by atoms with Gasteiger partial charge >= 0.3 is 0 Å². The number of para-hydroxylation sites is 1. The zero-order valence-corrected chi connectivity index (χ0v) is 13.9. The van der Waals surface area contributed by atoms with Crippen LogP contribution in [0.5, 0.6) is 5.75 Å². The van der Waals surface area contributed by atoms with Gasteiger partial charge in [0.15, 0.2) is 5.96 Å². The molecule has 1 unspecified atom stereocenters. The van der Waals surface area contributed by atoms with Crippen molar-refractivity contribution in [3.63, 3.8) is 0 Å². The van der Waals surface area contributed by atoms with Gasteiger partial charge in [0.05, 0.1) is 18.2 Å². The van der Waals surface area contributed by atoms with Crippen LogP contribution in [0.2, 0.25) is 0 Å². The number of nitriles is 1. The first kappa shape index (κ1) is 16.8. The lowest BCUT2D eigenvalue weighted by molar-refractivity contribution is 0.235. The summed E-state index contributed by atoms with van der Waals surface area (Å²) in [7, 11) is 1.65. The number of guanidine groups is 1. The Bertz CT molecular complexity index is 803. The number of nitrogens with zero attached hydrogens (tertiary/aromatic N) is 2. The molecule has 2 N–H and O–H groups in total. The van der Waals surface area contributed by atoms with Crippen molar-refractivity contribution in [2.45, 2.75) is 19.1 Å². The maximum Gasteiger partial charge on any atom is 0.191 e. The van der Waals surface area contributed by atoms with Gasteiger partial charge in [-0.2, -0.15) is 5.26 Å². The van der Waals surface area contributed by atoms with Crippen LogP contribution in [-0.2, 0) is 13.0 Å². The Hall–Kier alpha value is -3.07. The van der Waals surface area contributed by atoms with Crippen molar-refractivity contribution >= 4 is 5.96 Å². The van der Waals surface area contributed by atoms with Crippen LogP contribution in [0.4, 0.5) is 4.39 Å². The molecule has 1 aliphatic rings. The van der Waals surface area contributed by atoms with Crippen LogP contribution in [0.1, 0.15) is 16.7 Å². The fourth-order valence-corrected chi connectivity index (χ4v) is 2.76. The smallest absolute Gasteiger partial charge is 0.191 e. The number of rotatable bonds is 4. The molecule has 0 spiro atoms. The van der Waals surface area contributed by atoms with E-state index in [1.165, 1.54) is 23.8 Å². The Morgan fingerprint density at radius 2 is 2.16 bits per heavy atom. The summed E-state index contributed by atoms with van der Waals surface area (Å²) < 4.78 is 19.7. The molecule has 2 aromatic carbocycles. The molecule has 0 radical (unpaired) electrons. The van der Waals surface area contributed by atoms with Crippen molar-refractivity contribution in [1.82, 2.24) is 10.6 Å². The summed E-state index contributed by atoms with van der Waals surface area (Å²) in [4.78, 5) is 4.14. The Labute approximate surface area is 146 Å². The van der Waals surface area contributed by atoms with Crippen LogP contribution < -0.4 is 15.4 Å². The molecule has 0 aliphatic carbocycles. The number of aliphatic imine (C=N–C) groups is 1. The van der Waals surface area contributed by atoms with E-state index in [9.17, 15) is 4.39 Å². The van der Waals surface area contributed by atoms with E-state index >= 15 is 0 Å². The van der Waals surface area contributed by atoms with Crippen LogP contribution in [0, 0.1) is 17.1 Å². The second-order valence-electron chi connectivity index (χ2n) is 5.78. The number of nitrogens with one attached hydrogen (secondary N) is 2. The van der Waals surface area contributed by atoms with Gasteiger partial charge in [-0.05, 0) is 29.8 Å². The SMILES string of the molecule is CN=C(NCc1cc(C#N)ccc1F)NCC1Cc2ccccc2O1. The first-order valence-corrected chi connectivity index (χ1v) is 8.07. The van der Waals surface area contributed by atoms with Gasteiger partial charge in [-0.1, -0.05) is 18.2 Å². The molecule has 0 saturated carbocycles. The summed E-state index contributed by atoms with van der Waals surface area (Å²) in [6.45, 7) is 0.835. The Morgan fingerprint density at radius 1 is 1.32 bits per heavy atom. The van der Waals surface area contributed by atoms with E-state index in [-0.39, 0.29) is 18.5 Å². The van der Waals surface area contributed by atoms with E-state index in [1.54, 1.807) is 7.05 Å². The lowest BCUT2D eigenvalue weighted by atomic mass is 10.1. The second kappa shape index (κ2) is 7.67. The van der Waals surface area contributed by atoms with E-state index in [0.717, 1.165) is 12.2 Å². The third-order valence-electron chi connectivity index (χ3n) is 4.06. The highest BCUT2D eigenvalue weighted by molar-refractivity contribution is 5.79. The predicted molar refractivity (Wildman–Crippen MR) is 93.9 cm³/mol. The molecule has 1 heterocycles. The minimum Gasteiger partial charge on any atom is -0.488 e. The van der Waals surface area contributed by atoms with Gasteiger partial charge in [-0.15, -0.1) is 0 Å². The number of halogens is 1. The summed E-state index contributed by atoms with van der Waals surface area (Å²) in [5, 5.41) is 15.2. The fraction of sp³-hybridized carbons (Fsp3) is 0.263. The van der Waals surface area contributed by atoms with Gasteiger partial charge in [-0.3, -0.25) is 4.99 Å². The van der Waals surface area contributed by atoms with Crippen molar-refractivity contribution in [2.75, 3.05) is 13.6 Å². The van der Waals surface area contributed by atoms with Gasteiger partial charge < -0.3 is 15.4 Å². The standard InChI is InChI=1S/C19H19FN4O/c1-22-19(23-11-15-8-13(10-21)6-7-17(15)20)24-12-16-9-14-4-2-3-5-18(14)25-16/h2-8,16H,9,11-12H2,1H3,(H2,22,23,24). The minimum atomic E-state index is -0.350. The molecule has 6 heteroatoms. The molecule has 0 amide bonds. The molecule has 128 valence electrons. The number of hydrogen-bond donors (Lipinski definition) is 2. The molecule has 0 fully saturated rings. The lowest BCUT2D eigenvalue weighted by Gasteiger charge is -2.16. The van der Waals surface area contributed by atoms with Gasteiger partial charge in [-0.25, -0.2) is 4.39 Å². The average Bonchev–Trinajstić information content (AvgIpc) is 3.06. The van der Waals surface area contributed by atoms with E-state index in [2.05, 4.69) is 21.7 Å². The summed E-state index contributed by atoms with van der Waals surface area (Å²) in [5.41, 5.74) is 2.05. The quantitative estimate of drug-likeness (QED) is 0.663. The van der Waals surface area contributed by atoms with Crippen molar-refractivity contribution in [3.05, 3.63) is 65.0 Å². The Kier molecular flexibility index (Phi) is 5.14. The van der Waals surface area contributed by atoms with Crippen molar-refractivity contribution in [1.29, 1.82) is 5.26 Å². The fourth-order valence-electron chi connectivity index (χ4n) is 2.76. The van der Waals surface area contributed by atoms with Crippen LogP contribution >= 0.6 is 0 Å². The number of benzene rings is 2. The largest absolute Gasteiger partial charge is 0.488 e. The molecule has 5 nitrogen and oxygen atoms in total. The number of fused-ring (bicyclic) bond motifs is 1. The van der Waals surface area contributed by atoms with E-state index < -0.39 is 0 Å². The highest BCUT2D eigenvalue weighted by Crippen LogP contribution is 2.27. The van der Waals surface area contributed by atoms with Gasteiger partial charge in [0.1, 0.15) is 17.7 Å². The molecular formula is C19H19FN4O. The summed E-state index contributed by atoms with van der Waals surface area (Å²) in [6, 6.07) is 14.3. The first-order valence-electron chi connectivity index (χ1n) is 8.07. The molecule has 0 saturated heterocycles. The maximum atomic E-state index is 13.8. The van der Waals surface area contributed by atoms with E-state index in [1.807, 2.05) is 24.3 Å². The normalized spacial score (nSPS) is 15.9. The number of hydrogen-bond acceptors (Lipinski definition) is 3. The first-order chi connectivity index (χ1) is 12.2. The molecule has 25 heavy (non-hydrogen) atoms. The van der Waals surface area contributed by atoms with Gasteiger partial charge in [0, 0.05) is 25.6 Å². The number of ether oxygens (including phenoxy) is 1. The van der Waals surface area contributed by atoms with Crippen LogP contribution in [-0.4, -0.2) is 25.7 Å². The molecule has 1 atom stereocenters. The summed E-state index contributed by atoms with van der Waals surface area (Å²) in [5.74, 6) is 1.13. The molecular weight excluding hydrogens is 319 g/mol. The third kappa shape index (κ3) is 4.07. The van der Waals surface area contributed by atoms with Crippen molar-refractivity contribution in [3.8, 4) is 11.8 Å². The monoisotopic (exact) mass is 338 g/mol. The van der Waals surface area contributed by atoms with Crippen molar-refractivity contribution < 1.29 is 9.13 Å². The molecule has 0 aromatic heterocycles. The van der Waals surface area contributed by atoms with Gasteiger partial charge in [0.2, 0.25) is 0 Å². The van der Waals surface area contributed by atoms with E-state index in [0.29, 0.717) is 23.6 Å². The van der Waals surface area contributed by atoms with Crippen molar-refractivity contribution in [2.24, 2.45) is 4.99 Å². The Balaban J connectivity index is 1.52. The highest BCUT2D eigenvalue weighted by atomic mass is 19.1.